The first-order chi connectivity index (χ1) is 5.43. The van der Waals surface area contributed by atoms with E-state index in [4.69, 9.17) is 4.74 Å². The van der Waals surface area contributed by atoms with Crippen molar-refractivity contribution in [1.82, 2.24) is 0 Å². The Hall–Kier alpha value is -1.24. The van der Waals surface area contributed by atoms with Gasteiger partial charge >= 0.3 is 0 Å². The van der Waals surface area contributed by atoms with E-state index in [-0.39, 0.29) is 0 Å². The van der Waals surface area contributed by atoms with Crippen molar-refractivity contribution in [2.24, 2.45) is 0 Å². The highest BCUT2D eigenvalue weighted by Gasteiger charge is 1.83. The van der Waals surface area contributed by atoms with Gasteiger partial charge in [-0.15, -0.1) is 0 Å². The average molecular weight is 148 g/mol. The molecule has 0 atom stereocenters. The smallest absolute Gasteiger partial charge is 0.126 e. The first-order valence-electron chi connectivity index (χ1n) is 3.80. The number of allylic oxidation sites excluding steroid dienone is 1. The van der Waals surface area contributed by atoms with E-state index in [1.54, 1.807) is 6.26 Å². The van der Waals surface area contributed by atoms with Gasteiger partial charge in [-0.3, -0.25) is 0 Å². The van der Waals surface area contributed by atoms with Crippen LogP contribution < -0.4 is 4.74 Å². The van der Waals surface area contributed by atoms with Gasteiger partial charge in [0.05, 0.1) is 6.26 Å². The minimum Gasteiger partial charge on any atom is -0.465 e. The predicted molar refractivity (Wildman–Crippen MR) is 46.5 cm³/mol. The first kappa shape index (κ1) is 7.86. The minimum absolute atomic E-state index is 0.886. The van der Waals surface area contributed by atoms with Crippen molar-refractivity contribution in [3.63, 3.8) is 0 Å². The van der Waals surface area contributed by atoms with Crippen LogP contribution in [-0.2, 0) is 0 Å². The molecule has 1 heteroatoms. The third-order valence-electron chi connectivity index (χ3n) is 1.28. The van der Waals surface area contributed by atoms with Gasteiger partial charge in [0, 0.05) is 0 Å². The molecule has 0 saturated carbocycles. The molecular weight excluding hydrogens is 136 g/mol. The maximum atomic E-state index is 5.27. The van der Waals surface area contributed by atoms with E-state index >= 15 is 0 Å². The Labute approximate surface area is 67.3 Å². The summed E-state index contributed by atoms with van der Waals surface area (Å²) < 4.78 is 5.27. The lowest BCUT2D eigenvalue weighted by molar-refractivity contribution is 0.479. The maximum Gasteiger partial charge on any atom is 0.126 e. The number of rotatable bonds is 3. The summed E-state index contributed by atoms with van der Waals surface area (Å²) in [5.41, 5.74) is 0. The second kappa shape index (κ2) is 4.56. The molecule has 1 rings (SSSR count). The molecule has 0 amide bonds. The third kappa shape index (κ3) is 2.89. The van der Waals surface area contributed by atoms with Gasteiger partial charge in [-0.1, -0.05) is 25.1 Å². The minimum atomic E-state index is 0.886. The molecule has 0 radical (unpaired) electrons. The van der Waals surface area contributed by atoms with Crippen LogP contribution in [0.4, 0.5) is 0 Å². The summed E-state index contributed by atoms with van der Waals surface area (Å²) in [4.78, 5) is 0. The van der Waals surface area contributed by atoms with Crippen LogP contribution in [0.5, 0.6) is 5.75 Å². The molecular formula is C10H12O. The van der Waals surface area contributed by atoms with Crippen molar-refractivity contribution in [3.8, 4) is 5.75 Å². The summed E-state index contributed by atoms with van der Waals surface area (Å²) in [6, 6.07) is 9.74. The Morgan fingerprint density at radius 3 is 2.64 bits per heavy atom. The lowest BCUT2D eigenvalue weighted by atomic mass is 10.3. The lowest BCUT2D eigenvalue weighted by Gasteiger charge is -1.96. The van der Waals surface area contributed by atoms with E-state index in [1.807, 2.05) is 36.4 Å². The molecule has 0 fully saturated rings. The van der Waals surface area contributed by atoms with Crippen LogP contribution in [0.25, 0.3) is 0 Å². The van der Waals surface area contributed by atoms with Gasteiger partial charge in [0.1, 0.15) is 5.75 Å². The number of para-hydroxylation sites is 1. The van der Waals surface area contributed by atoms with Crippen LogP contribution in [-0.4, -0.2) is 0 Å². The predicted octanol–water partition coefficient (Wildman–Crippen LogP) is 2.99. The molecule has 11 heavy (non-hydrogen) atoms. The van der Waals surface area contributed by atoms with Crippen LogP contribution in [0.1, 0.15) is 13.3 Å². The fourth-order valence-corrected chi connectivity index (χ4v) is 0.722. The van der Waals surface area contributed by atoms with Crippen molar-refractivity contribution in [2.45, 2.75) is 13.3 Å². The Bertz CT molecular complexity index is 214. The zero-order valence-corrected chi connectivity index (χ0v) is 6.66. The molecule has 0 saturated heterocycles. The SMILES string of the molecule is CC/C=C\Oc1ccccc1. The van der Waals surface area contributed by atoms with E-state index < -0.39 is 0 Å². The van der Waals surface area contributed by atoms with E-state index in [9.17, 15) is 0 Å². The third-order valence-corrected chi connectivity index (χ3v) is 1.28. The summed E-state index contributed by atoms with van der Waals surface area (Å²) in [5.74, 6) is 0.886. The van der Waals surface area contributed by atoms with Crippen LogP contribution >= 0.6 is 0 Å². The van der Waals surface area contributed by atoms with Gasteiger partial charge in [-0.2, -0.15) is 0 Å². The summed E-state index contributed by atoms with van der Waals surface area (Å²) in [7, 11) is 0. The molecule has 0 aliphatic rings. The highest BCUT2D eigenvalue weighted by molar-refractivity contribution is 5.21. The number of benzene rings is 1. The maximum absolute atomic E-state index is 5.27. The zero-order valence-electron chi connectivity index (χ0n) is 6.66. The molecule has 1 nitrogen and oxygen atoms in total. The van der Waals surface area contributed by atoms with E-state index in [2.05, 4.69) is 6.92 Å². The van der Waals surface area contributed by atoms with Gasteiger partial charge in [-0.05, 0) is 24.6 Å². The van der Waals surface area contributed by atoms with Crippen LogP contribution in [0.2, 0.25) is 0 Å². The molecule has 58 valence electrons. The van der Waals surface area contributed by atoms with Crippen LogP contribution in [0.3, 0.4) is 0 Å². The molecule has 0 unspecified atom stereocenters. The molecule has 0 spiro atoms. The fourth-order valence-electron chi connectivity index (χ4n) is 0.722. The molecule has 0 bridgehead atoms. The summed E-state index contributed by atoms with van der Waals surface area (Å²) in [6.45, 7) is 2.07. The Morgan fingerprint density at radius 1 is 1.27 bits per heavy atom. The average Bonchev–Trinajstić information content (AvgIpc) is 2.07. The monoisotopic (exact) mass is 148 g/mol. The van der Waals surface area contributed by atoms with Gasteiger partial charge in [-0.25, -0.2) is 0 Å². The molecule has 0 heterocycles. The standard InChI is InChI=1S/C10H12O/c1-2-3-9-11-10-7-5-4-6-8-10/h3-9H,2H2,1H3/b9-3-. The zero-order chi connectivity index (χ0) is 7.94. The van der Waals surface area contributed by atoms with Gasteiger partial charge < -0.3 is 4.74 Å². The molecule has 1 aromatic carbocycles. The lowest BCUT2D eigenvalue weighted by Crippen LogP contribution is -1.79. The van der Waals surface area contributed by atoms with Crippen molar-refractivity contribution in [3.05, 3.63) is 42.7 Å². The van der Waals surface area contributed by atoms with Crippen molar-refractivity contribution < 1.29 is 4.74 Å². The van der Waals surface area contributed by atoms with Crippen LogP contribution in [0, 0.1) is 0 Å². The van der Waals surface area contributed by atoms with E-state index in [0.717, 1.165) is 12.2 Å². The quantitative estimate of drug-likeness (QED) is 0.599. The van der Waals surface area contributed by atoms with Gasteiger partial charge in [0.15, 0.2) is 0 Å². The topological polar surface area (TPSA) is 9.23 Å². The highest BCUT2D eigenvalue weighted by atomic mass is 16.5. The first-order valence-corrected chi connectivity index (χ1v) is 3.80. The summed E-state index contributed by atoms with van der Waals surface area (Å²) in [5, 5.41) is 0. The normalized spacial score (nSPS) is 10.3. The molecule has 0 aromatic heterocycles. The number of ether oxygens (including phenoxy) is 1. The number of hydrogen-bond acceptors (Lipinski definition) is 1. The highest BCUT2D eigenvalue weighted by Crippen LogP contribution is 2.08. The van der Waals surface area contributed by atoms with Crippen LogP contribution in [0.15, 0.2) is 42.7 Å². The Kier molecular flexibility index (Phi) is 3.26. The van der Waals surface area contributed by atoms with Crippen molar-refractivity contribution >= 4 is 0 Å². The second-order valence-corrected chi connectivity index (χ2v) is 2.21. The molecule has 0 aliphatic carbocycles. The Morgan fingerprint density at radius 2 is 2.00 bits per heavy atom. The largest absolute Gasteiger partial charge is 0.465 e. The molecule has 0 aliphatic heterocycles. The number of hydrogen-bond donors (Lipinski definition) is 0. The van der Waals surface area contributed by atoms with Crippen molar-refractivity contribution in [1.29, 1.82) is 0 Å². The van der Waals surface area contributed by atoms with E-state index in [1.165, 1.54) is 0 Å². The summed E-state index contributed by atoms with van der Waals surface area (Å²) in [6.07, 6.45) is 4.70. The second-order valence-electron chi connectivity index (χ2n) is 2.21. The van der Waals surface area contributed by atoms with Crippen molar-refractivity contribution in [2.75, 3.05) is 0 Å². The molecule has 0 N–H and O–H groups in total. The molecule has 1 aromatic rings. The Balaban J connectivity index is 2.45. The summed E-state index contributed by atoms with van der Waals surface area (Å²) >= 11 is 0. The fraction of sp³-hybridized carbons (Fsp3) is 0.200. The van der Waals surface area contributed by atoms with Gasteiger partial charge in [0.25, 0.3) is 0 Å². The van der Waals surface area contributed by atoms with Gasteiger partial charge in [0.2, 0.25) is 0 Å². The van der Waals surface area contributed by atoms with E-state index in [0.29, 0.717) is 0 Å².